The highest BCUT2D eigenvalue weighted by molar-refractivity contribution is 5.87. The fourth-order valence-corrected chi connectivity index (χ4v) is 2.27. The molecule has 0 atom stereocenters. The first kappa shape index (κ1) is 13.7. The van der Waals surface area contributed by atoms with Crippen molar-refractivity contribution < 1.29 is 17.6 Å². The van der Waals surface area contributed by atoms with E-state index >= 15 is 0 Å². The summed E-state index contributed by atoms with van der Waals surface area (Å²) in [6.45, 7) is 1.92. The Bertz CT molecular complexity index is 790. The first-order valence-electron chi connectivity index (χ1n) is 6.54. The number of aryl methyl sites for hydroxylation is 1. The van der Waals surface area contributed by atoms with Gasteiger partial charge in [0.15, 0.2) is 0 Å². The van der Waals surface area contributed by atoms with Crippen LogP contribution in [0.5, 0.6) is 0 Å². The highest BCUT2D eigenvalue weighted by Gasteiger charge is 2.34. The van der Waals surface area contributed by atoms with E-state index in [2.05, 4.69) is 4.98 Å². The second-order valence-electron chi connectivity index (χ2n) is 4.72. The number of fused-ring (bicyclic) bond motifs is 1. The number of hydrogen-bond acceptors (Lipinski definition) is 2. The average molecular weight is 291 g/mol. The van der Waals surface area contributed by atoms with E-state index in [0.717, 1.165) is 11.8 Å². The van der Waals surface area contributed by atoms with Gasteiger partial charge in [0.25, 0.3) is 0 Å². The third-order valence-electron chi connectivity index (χ3n) is 3.30. The van der Waals surface area contributed by atoms with Gasteiger partial charge in [-0.1, -0.05) is 13.0 Å². The molecule has 21 heavy (non-hydrogen) atoms. The molecule has 1 aromatic carbocycles. The molecule has 3 rings (SSSR count). The lowest BCUT2D eigenvalue weighted by atomic mass is 10.0. The SMILES string of the molecule is CCc1ccc(-c2cc(C(F)(F)F)c3ncccc3c2)o1. The summed E-state index contributed by atoms with van der Waals surface area (Å²) in [4.78, 5) is 3.85. The number of aromatic nitrogens is 1. The lowest BCUT2D eigenvalue weighted by Crippen LogP contribution is -2.07. The van der Waals surface area contributed by atoms with Gasteiger partial charge in [-0.3, -0.25) is 4.98 Å². The maximum absolute atomic E-state index is 13.2. The van der Waals surface area contributed by atoms with Crippen molar-refractivity contribution in [1.29, 1.82) is 0 Å². The largest absolute Gasteiger partial charge is 0.461 e. The maximum atomic E-state index is 13.2. The molecule has 108 valence electrons. The zero-order valence-corrected chi connectivity index (χ0v) is 11.2. The van der Waals surface area contributed by atoms with Crippen LogP contribution in [-0.4, -0.2) is 4.98 Å². The molecular formula is C16H12F3NO. The van der Waals surface area contributed by atoms with Gasteiger partial charge in [-0.15, -0.1) is 0 Å². The Balaban J connectivity index is 2.25. The minimum atomic E-state index is -4.46. The molecule has 5 heteroatoms. The van der Waals surface area contributed by atoms with Crippen molar-refractivity contribution in [2.75, 3.05) is 0 Å². The molecule has 0 aliphatic rings. The van der Waals surface area contributed by atoms with Crippen molar-refractivity contribution >= 4 is 10.9 Å². The van der Waals surface area contributed by atoms with Crippen LogP contribution in [0, 0.1) is 0 Å². The second kappa shape index (κ2) is 4.91. The number of halogens is 3. The Morgan fingerprint density at radius 3 is 2.62 bits per heavy atom. The monoisotopic (exact) mass is 291 g/mol. The summed E-state index contributed by atoms with van der Waals surface area (Å²) in [7, 11) is 0. The standard InChI is InChI=1S/C16H12F3NO/c1-2-12-5-6-14(21-12)11-8-10-4-3-7-20-15(10)13(9-11)16(17,18)19/h3-9H,2H2,1H3. The third-order valence-corrected chi connectivity index (χ3v) is 3.30. The summed E-state index contributed by atoms with van der Waals surface area (Å²) in [5.41, 5.74) is -0.386. The lowest BCUT2D eigenvalue weighted by Gasteiger charge is -2.11. The molecule has 0 N–H and O–H groups in total. The summed E-state index contributed by atoms with van der Waals surface area (Å²) in [6, 6.07) is 9.45. The quantitative estimate of drug-likeness (QED) is 0.658. The Labute approximate surface area is 119 Å². The predicted octanol–water partition coefficient (Wildman–Crippen LogP) is 5.08. The molecule has 0 radical (unpaired) electrons. The fourth-order valence-electron chi connectivity index (χ4n) is 2.27. The Hall–Kier alpha value is -2.30. The number of alkyl halides is 3. The van der Waals surface area contributed by atoms with Crippen molar-refractivity contribution in [3.63, 3.8) is 0 Å². The van der Waals surface area contributed by atoms with Crippen LogP contribution in [0.1, 0.15) is 18.2 Å². The number of pyridine rings is 1. The van der Waals surface area contributed by atoms with Gasteiger partial charge in [-0.05, 0) is 30.3 Å². The summed E-state index contributed by atoms with van der Waals surface area (Å²) in [5, 5.41) is 0.441. The van der Waals surface area contributed by atoms with Gasteiger partial charge in [-0.25, -0.2) is 0 Å². The Morgan fingerprint density at radius 2 is 1.95 bits per heavy atom. The third kappa shape index (κ3) is 2.51. The van der Waals surface area contributed by atoms with E-state index in [-0.39, 0.29) is 5.52 Å². The fraction of sp³-hybridized carbons (Fsp3) is 0.188. The van der Waals surface area contributed by atoms with E-state index in [1.54, 1.807) is 30.3 Å². The number of furan rings is 1. The topological polar surface area (TPSA) is 26.0 Å². The van der Waals surface area contributed by atoms with Gasteiger partial charge >= 0.3 is 6.18 Å². The number of benzene rings is 1. The Morgan fingerprint density at radius 1 is 1.14 bits per heavy atom. The molecule has 0 aliphatic carbocycles. The molecule has 0 unspecified atom stereocenters. The van der Waals surface area contributed by atoms with Crippen molar-refractivity contribution in [2.45, 2.75) is 19.5 Å². The lowest BCUT2D eigenvalue weighted by molar-refractivity contribution is -0.136. The minimum absolute atomic E-state index is 0.0454. The van der Waals surface area contributed by atoms with Crippen LogP contribution in [0.4, 0.5) is 13.2 Å². The van der Waals surface area contributed by atoms with E-state index in [4.69, 9.17) is 4.42 Å². The molecule has 0 bridgehead atoms. The van der Waals surface area contributed by atoms with Crippen LogP contribution >= 0.6 is 0 Å². The molecule has 2 heterocycles. The van der Waals surface area contributed by atoms with Crippen LogP contribution < -0.4 is 0 Å². The van der Waals surface area contributed by atoms with E-state index in [1.807, 2.05) is 6.92 Å². The first-order valence-corrected chi connectivity index (χ1v) is 6.54. The second-order valence-corrected chi connectivity index (χ2v) is 4.72. The number of hydrogen-bond donors (Lipinski definition) is 0. The van der Waals surface area contributed by atoms with Gasteiger partial charge in [0.1, 0.15) is 11.5 Å². The average Bonchev–Trinajstić information content (AvgIpc) is 2.94. The molecule has 0 amide bonds. The molecular weight excluding hydrogens is 279 g/mol. The van der Waals surface area contributed by atoms with Crippen LogP contribution in [0.2, 0.25) is 0 Å². The molecule has 3 aromatic rings. The van der Waals surface area contributed by atoms with E-state index in [9.17, 15) is 13.2 Å². The summed E-state index contributed by atoms with van der Waals surface area (Å²) in [5.74, 6) is 1.17. The highest BCUT2D eigenvalue weighted by Crippen LogP contribution is 2.37. The van der Waals surface area contributed by atoms with Crippen molar-refractivity contribution in [3.05, 3.63) is 53.9 Å². The maximum Gasteiger partial charge on any atom is 0.418 e. The summed E-state index contributed by atoms with van der Waals surface area (Å²) in [6.07, 6.45) is -2.40. The molecule has 2 nitrogen and oxygen atoms in total. The number of nitrogens with zero attached hydrogens (tertiary/aromatic N) is 1. The molecule has 0 spiro atoms. The first-order chi connectivity index (χ1) is 9.99. The van der Waals surface area contributed by atoms with Gasteiger partial charge < -0.3 is 4.42 Å². The van der Waals surface area contributed by atoms with Crippen LogP contribution in [0.25, 0.3) is 22.2 Å². The zero-order valence-electron chi connectivity index (χ0n) is 11.2. The van der Waals surface area contributed by atoms with Crippen molar-refractivity contribution in [1.82, 2.24) is 4.98 Å². The molecule has 0 aliphatic heterocycles. The molecule has 0 saturated heterocycles. The Kier molecular flexibility index (Phi) is 3.20. The minimum Gasteiger partial charge on any atom is -0.461 e. The number of rotatable bonds is 2. The van der Waals surface area contributed by atoms with Crippen molar-refractivity contribution in [3.8, 4) is 11.3 Å². The van der Waals surface area contributed by atoms with Crippen LogP contribution in [0.3, 0.4) is 0 Å². The van der Waals surface area contributed by atoms with E-state index < -0.39 is 11.7 Å². The van der Waals surface area contributed by atoms with E-state index in [0.29, 0.717) is 23.1 Å². The van der Waals surface area contributed by atoms with Gasteiger partial charge in [0, 0.05) is 23.6 Å². The van der Waals surface area contributed by atoms with Crippen molar-refractivity contribution in [2.24, 2.45) is 0 Å². The molecule has 0 saturated carbocycles. The highest BCUT2D eigenvalue weighted by atomic mass is 19.4. The smallest absolute Gasteiger partial charge is 0.418 e. The predicted molar refractivity (Wildman–Crippen MR) is 73.8 cm³/mol. The van der Waals surface area contributed by atoms with E-state index in [1.165, 1.54) is 6.20 Å². The summed E-state index contributed by atoms with van der Waals surface area (Å²) < 4.78 is 45.2. The van der Waals surface area contributed by atoms with Gasteiger partial charge in [0.05, 0.1) is 11.1 Å². The summed E-state index contributed by atoms with van der Waals surface area (Å²) >= 11 is 0. The van der Waals surface area contributed by atoms with Crippen LogP contribution in [0.15, 0.2) is 47.0 Å². The zero-order chi connectivity index (χ0) is 15.0. The molecule has 2 aromatic heterocycles. The van der Waals surface area contributed by atoms with Crippen LogP contribution in [-0.2, 0) is 12.6 Å². The normalized spacial score (nSPS) is 12.0. The molecule has 0 fully saturated rings. The van der Waals surface area contributed by atoms with Gasteiger partial charge in [-0.2, -0.15) is 13.2 Å². The van der Waals surface area contributed by atoms with Gasteiger partial charge in [0.2, 0.25) is 0 Å².